The van der Waals surface area contributed by atoms with Crippen molar-refractivity contribution in [3.8, 4) is 0 Å². The number of carbonyl (C=O) groups excluding carboxylic acids is 1. The van der Waals surface area contributed by atoms with Crippen molar-refractivity contribution in [1.29, 1.82) is 0 Å². The summed E-state index contributed by atoms with van der Waals surface area (Å²) >= 11 is 4.72. The van der Waals surface area contributed by atoms with Crippen LogP contribution in [-0.2, 0) is 4.79 Å². The Labute approximate surface area is 77.9 Å². The molecule has 0 spiro atoms. The highest BCUT2D eigenvalue weighted by Gasteiger charge is 2.31. The summed E-state index contributed by atoms with van der Waals surface area (Å²) in [5.41, 5.74) is 5.33. The molecule has 0 atom stereocenters. The molecule has 0 aromatic carbocycles. The molecular formula is C8H14N2OS. The summed E-state index contributed by atoms with van der Waals surface area (Å²) in [6.45, 7) is 0.657. The highest BCUT2D eigenvalue weighted by molar-refractivity contribution is 7.80. The molecule has 1 amide bonds. The van der Waals surface area contributed by atoms with Gasteiger partial charge in [0.25, 0.3) is 0 Å². The van der Waals surface area contributed by atoms with Crippen LogP contribution in [0.25, 0.3) is 0 Å². The number of hydrogen-bond acceptors (Lipinski definition) is 2. The quantitative estimate of drug-likeness (QED) is 0.651. The van der Waals surface area contributed by atoms with Gasteiger partial charge in [0.1, 0.15) is 0 Å². The SMILES string of the molecule is CN(CCC(N)=S)C(=O)C1CC1. The van der Waals surface area contributed by atoms with Gasteiger partial charge in [0.15, 0.2) is 0 Å². The molecule has 2 N–H and O–H groups in total. The molecule has 0 bridgehead atoms. The van der Waals surface area contributed by atoms with E-state index in [0.29, 0.717) is 23.9 Å². The Hall–Kier alpha value is -0.640. The van der Waals surface area contributed by atoms with Gasteiger partial charge in [-0.1, -0.05) is 12.2 Å². The van der Waals surface area contributed by atoms with E-state index in [1.165, 1.54) is 0 Å². The van der Waals surface area contributed by atoms with Crippen molar-refractivity contribution >= 4 is 23.1 Å². The van der Waals surface area contributed by atoms with E-state index in [-0.39, 0.29) is 5.91 Å². The Bertz CT molecular complexity index is 201. The van der Waals surface area contributed by atoms with Crippen LogP contribution in [0.1, 0.15) is 19.3 Å². The molecule has 0 unspecified atom stereocenters. The number of hydrogen-bond donors (Lipinski definition) is 1. The molecule has 0 saturated heterocycles. The molecule has 1 fully saturated rings. The maximum Gasteiger partial charge on any atom is 0.225 e. The monoisotopic (exact) mass is 186 g/mol. The van der Waals surface area contributed by atoms with E-state index in [9.17, 15) is 4.79 Å². The van der Waals surface area contributed by atoms with Crippen LogP contribution in [-0.4, -0.2) is 29.4 Å². The highest BCUT2D eigenvalue weighted by atomic mass is 32.1. The summed E-state index contributed by atoms with van der Waals surface area (Å²) in [4.78, 5) is 13.6. The van der Waals surface area contributed by atoms with E-state index in [0.717, 1.165) is 12.8 Å². The van der Waals surface area contributed by atoms with Crippen molar-refractivity contribution in [2.45, 2.75) is 19.3 Å². The summed E-state index contributed by atoms with van der Waals surface area (Å²) in [5.74, 6) is 0.535. The summed E-state index contributed by atoms with van der Waals surface area (Å²) < 4.78 is 0. The summed E-state index contributed by atoms with van der Waals surface area (Å²) in [6.07, 6.45) is 2.73. The lowest BCUT2D eigenvalue weighted by Crippen LogP contribution is -2.31. The first-order valence-electron chi connectivity index (χ1n) is 4.14. The number of carbonyl (C=O) groups is 1. The minimum atomic E-state index is 0.242. The van der Waals surface area contributed by atoms with Crippen molar-refractivity contribution < 1.29 is 4.79 Å². The molecule has 4 heteroatoms. The Morgan fingerprint density at radius 1 is 1.67 bits per heavy atom. The molecule has 0 aromatic heterocycles. The van der Waals surface area contributed by atoms with E-state index in [1.54, 1.807) is 11.9 Å². The molecular weight excluding hydrogens is 172 g/mol. The minimum Gasteiger partial charge on any atom is -0.393 e. The predicted molar refractivity (Wildman–Crippen MR) is 51.8 cm³/mol. The second kappa shape index (κ2) is 3.85. The number of rotatable bonds is 4. The molecule has 1 aliphatic rings. The summed E-state index contributed by atoms with van der Waals surface area (Å²) in [6, 6.07) is 0. The van der Waals surface area contributed by atoms with Gasteiger partial charge < -0.3 is 10.6 Å². The second-order valence-electron chi connectivity index (χ2n) is 3.25. The van der Waals surface area contributed by atoms with Crippen LogP contribution in [0.2, 0.25) is 0 Å². The van der Waals surface area contributed by atoms with Crippen LogP contribution in [0.15, 0.2) is 0 Å². The lowest BCUT2D eigenvalue weighted by Gasteiger charge is -2.15. The van der Waals surface area contributed by atoms with Crippen LogP contribution in [0.4, 0.5) is 0 Å². The summed E-state index contributed by atoms with van der Waals surface area (Å²) in [7, 11) is 1.80. The standard InChI is InChI=1S/C8H14N2OS/c1-10(5-4-7(9)12)8(11)6-2-3-6/h6H,2-5H2,1H3,(H2,9,12). The van der Waals surface area contributed by atoms with Gasteiger partial charge in [0, 0.05) is 25.9 Å². The lowest BCUT2D eigenvalue weighted by molar-refractivity contribution is -0.131. The zero-order valence-electron chi connectivity index (χ0n) is 7.25. The Kier molecular flexibility index (Phi) is 3.03. The minimum absolute atomic E-state index is 0.242. The zero-order chi connectivity index (χ0) is 9.14. The molecule has 1 saturated carbocycles. The molecule has 68 valence electrons. The normalized spacial score (nSPS) is 15.8. The molecule has 3 nitrogen and oxygen atoms in total. The fraction of sp³-hybridized carbons (Fsp3) is 0.750. The fourth-order valence-corrected chi connectivity index (χ4v) is 1.12. The maximum absolute atomic E-state index is 11.4. The van der Waals surface area contributed by atoms with Gasteiger partial charge in [0.2, 0.25) is 5.91 Å². The van der Waals surface area contributed by atoms with Crippen LogP contribution < -0.4 is 5.73 Å². The van der Waals surface area contributed by atoms with Gasteiger partial charge in [-0.15, -0.1) is 0 Å². The third-order valence-corrected chi connectivity index (χ3v) is 2.20. The first-order valence-corrected chi connectivity index (χ1v) is 4.55. The van der Waals surface area contributed by atoms with Crippen LogP contribution in [0.3, 0.4) is 0 Å². The van der Waals surface area contributed by atoms with E-state index in [4.69, 9.17) is 18.0 Å². The second-order valence-corrected chi connectivity index (χ2v) is 3.77. The van der Waals surface area contributed by atoms with Gasteiger partial charge in [0.05, 0.1) is 4.99 Å². The smallest absolute Gasteiger partial charge is 0.225 e. The van der Waals surface area contributed by atoms with E-state index in [1.807, 2.05) is 0 Å². The number of amides is 1. The number of thiocarbonyl (C=S) groups is 1. The average molecular weight is 186 g/mol. The third-order valence-electron chi connectivity index (χ3n) is 2.00. The van der Waals surface area contributed by atoms with Crippen LogP contribution >= 0.6 is 12.2 Å². The van der Waals surface area contributed by atoms with Crippen molar-refractivity contribution in [2.75, 3.05) is 13.6 Å². The zero-order valence-corrected chi connectivity index (χ0v) is 8.06. The maximum atomic E-state index is 11.4. The van der Waals surface area contributed by atoms with Crippen molar-refractivity contribution in [3.05, 3.63) is 0 Å². The molecule has 1 rings (SSSR count). The first kappa shape index (κ1) is 9.45. The van der Waals surface area contributed by atoms with Crippen molar-refractivity contribution in [1.82, 2.24) is 4.90 Å². The molecule has 1 aliphatic carbocycles. The average Bonchev–Trinajstić information content (AvgIpc) is 2.80. The van der Waals surface area contributed by atoms with Gasteiger partial charge in [-0.3, -0.25) is 4.79 Å². The lowest BCUT2D eigenvalue weighted by atomic mass is 10.3. The van der Waals surface area contributed by atoms with Gasteiger partial charge in [-0.2, -0.15) is 0 Å². The number of nitrogens with zero attached hydrogens (tertiary/aromatic N) is 1. The molecule has 0 aliphatic heterocycles. The Balaban J connectivity index is 2.22. The molecule has 0 heterocycles. The van der Waals surface area contributed by atoms with Crippen molar-refractivity contribution in [3.63, 3.8) is 0 Å². The fourth-order valence-electron chi connectivity index (χ4n) is 1.03. The molecule has 0 aromatic rings. The van der Waals surface area contributed by atoms with Gasteiger partial charge in [-0.05, 0) is 12.8 Å². The number of nitrogens with two attached hydrogens (primary N) is 1. The predicted octanol–water partition coefficient (Wildman–Crippen LogP) is 0.531. The van der Waals surface area contributed by atoms with Crippen molar-refractivity contribution in [2.24, 2.45) is 11.7 Å². The first-order chi connectivity index (χ1) is 5.61. The van der Waals surface area contributed by atoms with E-state index >= 15 is 0 Å². The van der Waals surface area contributed by atoms with E-state index in [2.05, 4.69) is 0 Å². The largest absolute Gasteiger partial charge is 0.393 e. The molecule has 12 heavy (non-hydrogen) atoms. The summed E-state index contributed by atoms with van der Waals surface area (Å²) in [5, 5.41) is 0. The van der Waals surface area contributed by atoms with Gasteiger partial charge >= 0.3 is 0 Å². The topological polar surface area (TPSA) is 46.3 Å². The molecule has 0 radical (unpaired) electrons. The highest BCUT2D eigenvalue weighted by Crippen LogP contribution is 2.30. The Morgan fingerprint density at radius 3 is 2.67 bits per heavy atom. The van der Waals surface area contributed by atoms with Gasteiger partial charge in [-0.25, -0.2) is 0 Å². The van der Waals surface area contributed by atoms with E-state index < -0.39 is 0 Å². The third kappa shape index (κ3) is 2.77. The van der Waals surface area contributed by atoms with Crippen LogP contribution in [0, 0.1) is 5.92 Å². The van der Waals surface area contributed by atoms with Crippen LogP contribution in [0.5, 0.6) is 0 Å². The Morgan fingerprint density at radius 2 is 2.25 bits per heavy atom.